The number of amides is 1. The van der Waals surface area contributed by atoms with Gasteiger partial charge >= 0.3 is 0 Å². The first-order valence-electron chi connectivity index (χ1n) is 7.11. The molecule has 0 aromatic heterocycles. The van der Waals surface area contributed by atoms with Crippen LogP contribution in [0.3, 0.4) is 0 Å². The van der Waals surface area contributed by atoms with Crippen LogP contribution >= 0.6 is 0 Å². The van der Waals surface area contributed by atoms with Crippen LogP contribution in [0.15, 0.2) is 53.6 Å². The highest BCUT2D eigenvalue weighted by Crippen LogP contribution is 2.12. The Hall–Kier alpha value is -2.73. The van der Waals surface area contributed by atoms with Crippen molar-refractivity contribution in [3.8, 4) is 0 Å². The summed E-state index contributed by atoms with van der Waals surface area (Å²) in [6.07, 6.45) is 1.53. The summed E-state index contributed by atoms with van der Waals surface area (Å²) in [7, 11) is 1.89. The van der Waals surface area contributed by atoms with Crippen LogP contribution in [0, 0.1) is 5.82 Å². The Morgan fingerprint density at radius 1 is 1.22 bits per heavy atom. The van der Waals surface area contributed by atoms with Crippen LogP contribution < -0.4 is 10.3 Å². The molecule has 120 valence electrons. The van der Waals surface area contributed by atoms with E-state index in [0.29, 0.717) is 12.1 Å². The number of nitrogens with zero attached hydrogens (tertiary/aromatic N) is 2. The van der Waals surface area contributed by atoms with Crippen molar-refractivity contribution < 1.29 is 14.3 Å². The molecule has 0 bridgehead atoms. The lowest BCUT2D eigenvalue weighted by Crippen LogP contribution is -2.20. The molecule has 0 atom stereocenters. The standard InChI is InChI=1S/C17H18FN3O2/c1-21(10-11-22)16-8-2-13(3-9-16)12-19-20-17(23)14-4-6-15(18)7-5-14/h2-9,12,22H,10-11H2,1H3,(H,20,23)/b19-12-. The van der Waals surface area contributed by atoms with Crippen molar-refractivity contribution in [3.63, 3.8) is 0 Å². The minimum atomic E-state index is -0.402. The summed E-state index contributed by atoms with van der Waals surface area (Å²) < 4.78 is 12.8. The fourth-order valence-electron chi connectivity index (χ4n) is 1.93. The molecule has 2 N–H and O–H groups in total. The van der Waals surface area contributed by atoms with Gasteiger partial charge in [-0.1, -0.05) is 12.1 Å². The van der Waals surface area contributed by atoms with E-state index in [0.717, 1.165) is 11.3 Å². The fraction of sp³-hybridized carbons (Fsp3) is 0.176. The molecular formula is C17H18FN3O2. The third kappa shape index (κ3) is 4.89. The summed E-state index contributed by atoms with van der Waals surface area (Å²) in [4.78, 5) is 13.7. The Morgan fingerprint density at radius 3 is 2.48 bits per heavy atom. The van der Waals surface area contributed by atoms with Gasteiger partial charge in [0.2, 0.25) is 0 Å². The molecule has 2 rings (SSSR count). The monoisotopic (exact) mass is 315 g/mol. The van der Waals surface area contributed by atoms with E-state index in [-0.39, 0.29) is 6.61 Å². The fourth-order valence-corrected chi connectivity index (χ4v) is 1.93. The lowest BCUT2D eigenvalue weighted by molar-refractivity contribution is 0.0955. The number of halogens is 1. The highest BCUT2D eigenvalue weighted by Gasteiger charge is 2.03. The van der Waals surface area contributed by atoms with Crippen molar-refractivity contribution in [2.45, 2.75) is 0 Å². The smallest absolute Gasteiger partial charge is 0.271 e. The number of nitrogens with one attached hydrogen (secondary N) is 1. The van der Waals surface area contributed by atoms with E-state index in [1.165, 1.54) is 30.5 Å². The number of carbonyl (C=O) groups excluding carboxylic acids is 1. The molecule has 0 unspecified atom stereocenters. The summed E-state index contributed by atoms with van der Waals surface area (Å²) in [6.45, 7) is 0.649. The van der Waals surface area contributed by atoms with Crippen molar-refractivity contribution in [1.29, 1.82) is 0 Å². The average molecular weight is 315 g/mol. The predicted molar refractivity (Wildman–Crippen MR) is 88.3 cm³/mol. The zero-order chi connectivity index (χ0) is 16.7. The van der Waals surface area contributed by atoms with Crippen molar-refractivity contribution in [1.82, 2.24) is 5.43 Å². The van der Waals surface area contributed by atoms with Gasteiger partial charge in [-0.2, -0.15) is 5.10 Å². The summed E-state index contributed by atoms with van der Waals surface area (Å²) in [5, 5.41) is 12.8. The molecule has 0 saturated heterocycles. The number of hydrazone groups is 1. The number of rotatable bonds is 6. The van der Waals surface area contributed by atoms with E-state index in [1.807, 2.05) is 36.2 Å². The summed E-state index contributed by atoms with van der Waals surface area (Å²) in [6, 6.07) is 12.8. The van der Waals surface area contributed by atoms with Crippen molar-refractivity contribution >= 4 is 17.8 Å². The van der Waals surface area contributed by atoms with E-state index >= 15 is 0 Å². The second-order valence-corrected chi connectivity index (χ2v) is 4.94. The van der Waals surface area contributed by atoms with Gasteiger partial charge in [-0.15, -0.1) is 0 Å². The third-order valence-electron chi connectivity index (χ3n) is 3.26. The van der Waals surface area contributed by atoms with Gasteiger partial charge < -0.3 is 10.0 Å². The average Bonchev–Trinajstić information content (AvgIpc) is 2.56. The van der Waals surface area contributed by atoms with Crippen molar-refractivity contribution in [3.05, 3.63) is 65.5 Å². The summed E-state index contributed by atoms with van der Waals surface area (Å²) in [5.74, 6) is -0.795. The maximum absolute atomic E-state index is 12.8. The third-order valence-corrected chi connectivity index (χ3v) is 3.26. The first-order valence-corrected chi connectivity index (χ1v) is 7.11. The van der Waals surface area contributed by atoms with E-state index in [1.54, 1.807) is 0 Å². The topological polar surface area (TPSA) is 64.9 Å². The van der Waals surface area contributed by atoms with Crippen LogP contribution in [0.5, 0.6) is 0 Å². The van der Waals surface area contributed by atoms with Crippen molar-refractivity contribution in [2.24, 2.45) is 5.10 Å². The second-order valence-electron chi connectivity index (χ2n) is 4.94. The van der Waals surface area contributed by atoms with E-state index in [9.17, 15) is 9.18 Å². The largest absolute Gasteiger partial charge is 0.395 e. The Labute approximate surface area is 134 Å². The molecular weight excluding hydrogens is 297 g/mol. The van der Waals surface area contributed by atoms with Crippen LogP contribution in [-0.2, 0) is 0 Å². The van der Waals surface area contributed by atoms with Crippen LogP contribution in [0.1, 0.15) is 15.9 Å². The first-order chi connectivity index (χ1) is 11.1. The Bertz CT molecular complexity index is 669. The number of hydrogen-bond donors (Lipinski definition) is 2. The second kappa shape index (κ2) is 8.05. The zero-order valence-electron chi connectivity index (χ0n) is 12.7. The van der Waals surface area contributed by atoms with Gasteiger partial charge in [-0.05, 0) is 42.0 Å². The lowest BCUT2D eigenvalue weighted by atomic mass is 10.2. The normalized spacial score (nSPS) is 10.7. The van der Waals surface area contributed by atoms with Gasteiger partial charge in [0.15, 0.2) is 0 Å². The van der Waals surface area contributed by atoms with Gasteiger partial charge in [-0.25, -0.2) is 9.82 Å². The number of hydrogen-bond acceptors (Lipinski definition) is 4. The lowest BCUT2D eigenvalue weighted by Gasteiger charge is -2.17. The summed E-state index contributed by atoms with van der Waals surface area (Å²) >= 11 is 0. The van der Waals surface area contributed by atoms with Gasteiger partial charge in [0.1, 0.15) is 5.82 Å². The van der Waals surface area contributed by atoms with Gasteiger partial charge in [0.05, 0.1) is 12.8 Å². The number of likely N-dealkylation sites (N-methyl/N-ethyl adjacent to an activating group) is 1. The van der Waals surface area contributed by atoms with Gasteiger partial charge in [0, 0.05) is 24.8 Å². The van der Waals surface area contributed by atoms with E-state index in [4.69, 9.17) is 5.11 Å². The number of benzene rings is 2. The van der Waals surface area contributed by atoms with Gasteiger partial charge in [0.25, 0.3) is 5.91 Å². The molecule has 6 heteroatoms. The van der Waals surface area contributed by atoms with Crippen LogP contribution in [0.4, 0.5) is 10.1 Å². The maximum Gasteiger partial charge on any atom is 0.271 e. The van der Waals surface area contributed by atoms with Crippen LogP contribution in [0.2, 0.25) is 0 Å². The molecule has 0 aliphatic heterocycles. The molecule has 0 saturated carbocycles. The molecule has 0 spiro atoms. The first kappa shape index (κ1) is 16.6. The molecule has 0 aliphatic carbocycles. The molecule has 2 aromatic carbocycles. The zero-order valence-corrected chi connectivity index (χ0v) is 12.7. The molecule has 23 heavy (non-hydrogen) atoms. The minimum absolute atomic E-state index is 0.0924. The number of aliphatic hydroxyl groups excluding tert-OH is 1. The molecule has 2 aromatic rings. The molecule has 0 fully saturated rings. The molecule has 0 radical (unpaired) electrons. The molecule has 0 aliphatic rings. The van der Waals surface area contributed by atoms with E-state index in [2.05, 4.69) is 10.5 Å². The number of carbonyl (C=O) groups is 1. The Kier molecular flexibility index (Phi) is 5.82. The number of anilines is 1. The van der Waals surface area contributed by atoms with E-state index < -0.39 is 11.7 Å². The molecule has 1 amide bonds. The molecule has 5 nitrogen and oxygen atoms in total. The molecule has 0 heterocycles. The van der Waals surface area contributed by atoms with Crippen molar-refractivity contribution in [2.75, 3.05) is 25.1 Å². The highest BCUT2D eigenvalue weighted by atomic mass is 19.1. The van der Waals surface area contributed by atoms with Gasteiger partial charge in [-0.3, -0.25) is 4.79 Å². The Balaban J connectivity index is 1.92. The Morgan fingerprint density at radius 2 is 1.87 bits per heavy atom. The maximum atomic E-state index is 12.8. The quantitative estimate of drug-likeness (QED) is 0.633. The van der Waals surface area contributed by atoms with Crippen LogP contribution in [0.25, 0.3) is 0 Å². The SMILES string of the molecule is CN(CCO)c1ccc(/C=N\NC(=O)c2ccc(F)cc2)cc1. The van der Waals surface area contributed by atoms with Crippen LogP contribution in [-0.4, -0.2) is 37.4 Å². The minimum Gasteiger partial charge on any atom is -0.395 e. The predicted octanol–water partition coefficient (Wildman–Crippen LogP) is 2.02. The summed E-state index contributed by atoms with van der Waals surface area (Å²) in [5.41, 5.74) is 4.53. The highest BCUT2D eigenvalue weighted by molar-refractivity contribution is 5.94. The number of aliphatic hydroxyl groups is 1.